The van der Waals surface area contributed by atoms with Crippen LogP contribution in [-0.2, 0) is 4.74 Å². The zero-order valence-corrected chi connectivity index (χ0v) is 6.97. The van der Waals surface area contributed by atoms with Crippen LogP contribution in [0.15, 0.2) is 0 Å². The minimum Gasteiger partial charge on any atom is -0.374 e. The van der Waals surface area contributed by atoms with Crippen molar-refractivity contribution in [3.8, 4) is 0 Å². The SMILES string of the molecule is CC1OCCNC1NC1CC1. The number of nitrogens with one attached hydrogen (secondary N) is 2. The zero-order valence-electron chi connectivity index (χ0n) is 6.97. The molecule has 0 amide bonds. The molecule has 0 spiro atoms. The van der Waals surface area contributed by atoms with E-state index in [1.165, 1.54) is 12.8 Å². The van der Waals surface area contributed by atoms with Crippen molar-refractivity contribution in [1.82, 2.24) is 10.6 Å². The van der Waals surface area contributed by atoms with Crippen molar-refractivity contribution in [2.45, 2.75) is 38.1 Å². The number of hydrogen-bond donors (Lipinski definition) is 2. The zero-order chi connectivity index (χ0) is 7.68. The van der Waals surface area contributed by atoms with E-state index >= 15 is 0 Å². The first-order valence-electron chi connectivity index (χ1n) is 4.47. The van der Waals surface area contributed by atoms with Crippen LogP contribution in [0.1, 0.15) is 19.8 Å². The molecular weight excluding hydrogens is 140 g/mol. The van der Waals surface area contributed by atoms with Crippen LogP contribution in [0.5, 0.6) is 0 Å². The number of rotatable bonds is 2. The van der Waals surface area contributed by atoms with Gasteiger partial charge in [0.2, 0.25) is 0 Å². The van der Waals surface area contributed by atoms with Crippen LogP contribution < -0.4 is 10.6 Å². The molecule has 1 aliphatic carbocycles. The Balaban J connectivity index is 1.78. The smallest absolute Gasteiger partial charge is 0.0842 e. The number of ether oxygens (including phenoxy) is 1. The monoisotopic (exact) mass is 156 g/mol. The van der Waals surface area contributed by atoms with Crippen molar-refractivity contribution in [3.05, 3.63) is 0 Å². The van der Waals surface area contributed by atoms with E-state index in [9.17, 15) is 0 Å². The molecule has 2 rings (SSSR count). The standard InChI is InChI=1S/C8H16N2O/c1-6-8(9-4-5-11-6)10-7-2-3-7/h6-10H,2-5H2,1H3. The lowest BCUT2D eigenvalue weighted by atomic mass is 10.2. The molecule has 1 saturated heterocycles. The van der Waals surface area contributed by atoms with Crippen LogP contribution in [0.4, 0.5) is 0 Å². The molecule has 2 N–H and O–H groups in total. The molecule has 2 fully saturated rings. The van der Waals surface area contributed by atoms with Crippen LogP contribution in [0, 0.1) is 0 Å². The average Bonchev–Trinajstić information content (AvgIpc) is 2.78. The van der Waals surface area contributed by atoms with Crippen molar-refractivity contribution in [3.63, 3.8) is 0 Å². The molecule has 64 valence electrons. The summed E-state index contributed by atoms with van der Waals surface area (Å²) in [4.78, 5) is 0. The molecule has 0 radical (unpaired) electrons. The summed E-state index contributed by atoms with van der Waals surface area (Å²) < 4.78 is 5.49. The Morgan fingerprint density at radius 2 is 2.27 bits per heavy atom. The molecule has 3 heteroatoms. The van der Waals surface area contributed by atoms with Crippen molar-refractivity contribution < 1.29 is 4.74 Å². The van der Waals surface area contributed by atoms with Crippen molar-refractivity contribution >= 4 is 0 Å². The van der Waals surface area contributed by atoms with Crippen LogP contribution in [-0.4, -0.2) is 31.5 Å². The summed E-state index contributed by atoms with van der Waals surface area (Å²) in [5, 5.41) is 6.91. The van der Waals surface area contributed by atoms with Gasteiger partial charge in [0.05, 0.1) is 18.9 Å². The van der Waals surface area contributed by atoms with Gasteiger partial charge < -0.3 is 4.74 Å². The maximum Gasteiger partial charge on any atom is 0.0842 e. The molecule has 1 saturated carbocycles. The first-order valence-corrected chi connectivity index (χ1v) is 4.47. The molecule has 2 atom stereocenters. The van der Waals surface area contributed by atoms with Gasteiger partial charge in [-0.3, -0.25) is 10.6 Å². The first-order chi connectivity index (χ1) is 5.36. The Hall–Kier alpha value is -0.120. The lowest BCUT2D eigenvalue weighted by Gasteiger charge is -2.31. The predicted octanol–water partition coefficient (Wildman–Crippen LogP) is 0.0728. The normalized spacial score (nSPS) is 39.0. The fourth-order valence-corrected chi connectivity index (χ4v) is 1.42. The van der Waals surface area contributed by atoms with Gasteiger partial charge in [-0.25, -0.2) is 0 Å². The third-order valence-electron chi connectivity index (χ3n) is 2.31. The van der Waals surface area contributed by atoms with Gasteiger partial charge >= 0.3 is 0 Å². The Kier molecular flexibility index (Phi) is 2.11. The topological polar surface area (TPSA) is 33.3 Å². The molecule has 0 aromatic rings. The Bertz CT molecular complexity index is 136. The van der Waals surface area contributed by atoms with Gasteiger partial charge in [-0.05, 0) is 19.8 Å². The average molecular weight is 156 g/mol. The Labute approximate surface area is 67.5 Å². The van der Waals surface area contributed by atoms with Crippen LogP contribution in [0.3, 0.4) is 0 Å². The van der Waals surface area contributed by atoms with Gasteiger partial charge in [-0.2, -0.15) is 0 Å². The molecule has 11 heavy (non-hydrogen) atoms. The maximum atomic E-state index is 5.49. The molecule has 3 nitrogen and oxygen atoms in total. The summed E-state index contributed by atoms with van der Waals surface area (Å²) >= 11 is 0. The van der Waals surface area contributed by atoms with Gasteiger partial charge in [0.25, 0.3) is 0 Å². The van der Waals surface area contributed by atoms with E-state index in [-0.39, 0.29) is 0 Å². The van der Waals surface area contributed by atoms with E-state index in [4.69, 9.17) is 4.74 Å². The van der Waals surface area contributed by atoms with E-state index in [0.29, 0.717) is 12.3 Å². The van der Waals surface area contributed by atoms with Gasteiger partial charge in [-0.15, -0.1) is 0 Å². The number of hydrogen-bond acceptors (Lipinski definition) is 3. The van der Waals surface area contributed by atoms with Gasteiger partial charge in [-0.1, -0.05) is 0 Å². The van der Waals surface area contributed by atoms with Crippen LogP contribution >= 0.6 is 0 Å². The van der Waals surface area contributed by atoms with E-state index < -0.39 is 0 Å². The quantitative estimate of drug-likeness (QED) is 0.593. The van der Waals surface area contributed by atoms with Gasteiger partial charge in [0.15, 0.2) is 0 Å². The second-order valence-corrected chi connectivity index (χ2v) is 3.45. The highest BCUT2D eigenvalue weighted by Gasteiger charge is 2.28. The summed E-state index contributed by atoms with van der Waals surface area (Å²) in [5.74, 6) is 0. The molecule has 2 unspecified atom stereocenters. The molecule has 1 aliphatic heterocycles. The molecule has 2 aliphatic rings. The maximum absolute atomic E-state index is 5.49. The second-order valence-electron chi connectivity index (χ2n) is 3.45. The minimum absolute atomic E-state index is 0.323. The largest absolute Gasteiger partial charge is 0.374 e. The summed E-state index contributed by atoms with van der Waals surface area (Å²) in [5.41, 5.74) is 0. The third-order valence-corrected chi connectivity index (χ3v) is 2.31. The highest BCUT2D eigenvalue weighted by atomic mass is 16.5. The molecule has 0 aromatic carbocycles. The summed E-state index contributed by atoms with van der Waals surface area (Å²) in [6, 6.07) is 0.761. The first kappa shape index (κ1) is 7.53. The fourth-order valence-electron chi connectivity index (χ4n) is 1.42. The minimum atomic E-state index is 0.323. The highest BCUT2D eigenvalue weighted by Crippen LogP contribution is 2.20. The highest BCUT2D eigenvalue weighted by molar-refractivity contribution is 4.87. The Morgan fingerprint density at radius 3 is 2.91 bits per heavy atom. The van der Waals surface area contributed by atoms with E-state index in [1.54, 1.807) is 0 Å². The lowest BCUT2D eigenvalue weighted by molar-refractivity contribution is -0.00236. The number of morpholine rings is 1. The molecule has 1 heterocycles. The lowest BCUT2D eigenvalue weighted by Crippen LogP contribution is -2.55. The van der Waals surface area contributed by atoms with Crippen molar-refractivity contribution in [1.29, 1.82) is 0 Å². The van der Waals surface area contributed by atoms with Crippen molar-refractivity contribution in [2.75, 3.05) is 13.2 Å². The van der Waals surface area contributed by atoms with Crippen LogP contribution in [0.2, 0.25) is 0 Å². The summed E-state index contributed by atoms with van der Waals surface area (Å²) in [6.45, 7) is 3.95. The molecule has 0 aromatic heterocycles. The summed E-state index contributed by atoms with van der Waals surface area (Å²) in [7, 11) is 0. The van der Waals surface area contributed by atoms with Gasteiger partial charge in [0.1, 0.15) is 0 Å². The Morgan fingerprint density at radius 1 is 1.45 bits per heavy atom. The van der Waals surface area contributed by atoms with E-state index in [0.717, 1.165) is 19.2 Å². The van der Waals surface area contributed by atoms with E-state index in [1.807, 2.05) is 0 Å². The predicted molar refractivity (Wildman–Crippen MR) is 43.4 cm³/mol. The van der Waals surface area contributed by atoms with Gasteiger partial charge in [0, 0.05) is 12.6 Å². The second kappa shape index (κ2) is 3.09. The van der Waals surface area contributed by atoms with Crippen molar-refractivity contribution in [2.24, 2.45) is 0 Å². The third kappa shape index (κ3) is 1.92. The van der Waals surface area contributed by atoms with Crippen LogP contribution in [0.25, 0.3) is 0 Å². The molecule has 0 bridgehead atoms. The molecular formula is C8H16N2O. The fraction of sp³-hybridized carbons (Fsp3) is 1.00. The summed E-state index contributed by atoms with van der Waals surface area (Å²) in [6.07, 6.45) is 3.39. The van der Waals surface area contributed by atoms with E-state index in [2.05, 4.69) is 17.6 Å².